The normalized spacial score (nSPS) is 11.8. The zero-order valence-electron chi connectivity index (χ0n) is 27.7. The molecule has 0 saturated carbocycles. The van der Waals surface area contributed by atoms with Gasteiger partial charge in [0.1, 0.15) is 18.3 Å². The highest BCUT2D eigenvalue weighted by molar-refractivity contribution is 7.92. The van der Waals surface area contributed by atoms with Crippen molar-refractivity contribution in [1.29, 1.82) is 0 Å². The summed E-state index contributed by atoms with van der Waals surface area (Å²) >= 11 is 0. The number of unbranched alkanes of at least 4 members (excludes halogenated alkanes) is 1. The van der Waals surface area contributed by atoms with Crippen LogP contribution in [-0.2, 0) is 32.6 Å². The largest absolute Gasteiger partial charge is 0.494 e. The Bertz CT molecular complexity index is 1710. The van der Waals surface area contributed by atoms with Gasteiger partial charge < -0.3 is 15.0 Å². The van der Waals surface area contributed by atoms with Crippen LogP contribution in [0, 0.1) is 13.8 Å². The minimum absolute atomic E-state index is 0.0631. The van der Waals surface area contributed by atoms with E-state index in [1.54, 1.807) is 48.5 Å². The van der Waals surface area contributed by atoms with Gasteiger partial charge in [-0.15, -0.1) is 0 Å². The van der Waals surface area contributed by atoms with E-state index in [0.29, 0.717) is 24.6 Å². The molecule has 4 aromatic rings. The molecule has 0 aliphatic rings. The minimum Gasteiger partial charge on any atom is -0.494 e. The van der Waals surface area contributed by atoms with Crippen LogP contribution in [-0.4, -0.2) is 50.9 Å². The predicted molar refractivity (Wildman–Crippen MR) is 187 cm³/mol. The molecule has 1 atom stereocenters. The Labute approximate surface area is 279 Å². The summed E-state index contributed by atoms with van der Waals surface area (Å²) in [6.45, 7) is 8.32. The van der Waals surface area contributed by atoms with E-state index in [1.165, 1.54) is 4.90 Å². The zero-order valence-corrected chi connectivity index (χ0v) is 28.5. The number of nitrogens with one attached hydrogen (secondary N) is 1. The number of rotatable bonds is 16. The molecule has 248 valence electrons. The molecule has 1 N–H and O–H groups in total. The summed E-state index contributed by atoms with van der Waals surface area (Å²) in [5.41, 5.74) is 3.96. The van der Waals surface area contributed by atoms with Gasteiger partial charge in [-0.3, -0.25) is 13.9 Å². The average molecular weight is 656 g/mol. The molecule has 0 heterocycles. The fraction of sp³-hybridized carbons (Fsp3) is 0.316. The summed E-state index contributed by atoms with van der Waals surface area (Å²) in [5, 5.41) is 3.02. The molecule has 0 bridgehead atoms. The van der Waals surface area contributed by atoms with Crippen LogP contribution in [0.1, 0.15) is 48.9 Å². The minimum atomic E-state index is -4.18. The topological polar surface area (TPSA) is 96.0 Å². The fourth-order valence-electron chi connectivity index (χ4n) is 5.31. The lowest BCUT2D eigenvalue weighted by molar-refractivity contribution is -0.140. The van der Waals surface area contributed by atoms with Crippen molar-refractivity contribution < 1.29 is 22.7 Å². The first-order valence-electron chi connectivity index (χ1n) is 16.1. The van der Waals surface area contributed by atoms with Gasteiger partial charge in [0, 0.05) is 19.5 Å². The first kappa shape index (κ1) is 35.2. The van der Waals surface area contributed by atoms with Gasteiger partial charge in [-0.05, 0) is 74.7 Å². The lowest BCUT2D eigenvalue weighted by Crippen LogP contribution is -2.53. The van der Waals surface area contributed by atoms with Gasteiger partial charge in [-0.25, -0.2) is 8.42 Å². The third-order valence-corrected chi connectivity index (χ3v) is 9.65. The van der Waals surface area contributed by atoms with E-state index in [9.17, 15) is 18.0 Å². The highest BCUT2D eigenvalue weighted by Crippen LogP contribution is 2.27. The molecule has 0 spiro atoms. The molecule has 0 unspecified atom stereocenters. The molecular weight excluding hydrogens is 611 g/mol. The van der Waals surface area contributed by atoms with E-state index in [1.807, 2.05) is 82.3 Å². The number of hydrogen-bond acceptors (Lipinski definition) is 5. The molecule has 0 aromatic heterocycles. The number of aryl methyl sites for hydroxylation is 2. The quantitative estimate of drug-likeness (QED) is 0.140. The van der Waals surface area contributed by atoms with Gasteiger partial charge in [-0.2, -0.15) is 0 Å². The van der Waals surface area contributed by atoms with Crippen molar-refractivity contribution in [3.05, 3.63) is 125 Å². The van der Waals surface area contributed by atoms with Crippen molar-refractivity contribution >= 4 is 27.5 Å². The van der Waals surface area contributed by atoms with Gasteiger partial charge in [0.05, 0.1) is 17.2 Å². The van der Waals surface area contributed by atoms with Crippen molar-refractivity contribution in [1.82, 2.24) is 10.2 Å². The highest BCUT2D eigenvalue weighted by Gasteiger charge is 2.34. The summed E-state index contributed by atoms with van der Waals surface area (Å²) in [6, 6.07) is 29.6. The lowest BCUT2D eigenvalue weighted by atomic mass is 10.0. The first-order chi connectivity index (χ1) is 22.6. The molecule has 0 radical (unpaired) electrons. The number of anilines is 1. The highest BCUT2D eigenvalue weighted by atomic mass is 32.2. The van der Waals surface area contributed by atoms with Gasteiger partial charge in [0.15, 0.2) is 0 Å². The van der Waals surface area contributed by atoms with E-state index in [4.69, 9.17) is 4.74 Å². The molecule has 0 fully saturated rings. The maximum Gasteiger partial charge on any atom is 0.264 e. The summed E-state index contributed by atoms with van der Waals surface area (Å²) in [4.78, 5) is 30.1. The Hall–Kier alpha value is -4.63. The summed E-state index contributed by atoms with van der Waals surface area (Å²) in [6.07, 6.45) is 1.98. The lowest BCUT2D eigenvalue weighted by Gasteiger charge is -2.34. The number of benzene rings is 4. The van der Waals surface area contributed by atoms with Crippen molar-refractivity contribution in [2.24, 2.45) is 0 Å². The smallest absolute Gasteiger partial charge is 0.264 e. The predicted octanol–water partition coefficient (Wildman–Crippen LogP) is 6.45. The third kappa shape index (κ3) is 9.68. The maximum absolute atomic E-state index is 14.6. The van der Waals surface area contributed by atoms with Crippen LogP contribution in [0.4, 0.5) is 5.69 Å². The molecule has 47 heavy (non-hydrogen) atoms. The second-order valence-corrected chi connectivity index (χ2v) is 13.5. The first-order valence-corrected chi connectivity index (χ1v) is 17.5. The Morgan fingerprint density at radius 3 is 2.13 bits per heavy atom. The molecule has 4 aromatic carbocycles. The van der Waals surface area contributed by atoms with E-state index in [2.05, 4.69) is 5.32 Å². The Morgan fingerprint density at radius 2 is 1.49 bits per heavy atom. The second-order valence-electron chi connectivity index (χ2n) is 11.6. The molecule has 4 rings (SSSR count). The standard InChI is InChI=1S/C38H45N3O5S/c1-5-7-24-39-38(43)36(26-31-13-9-8-10-14-31)40(27-32-15-11-12-30(4)25-32)37(42)28-41(33-18-20-34(21-19-33)46-6-2)47(44,45)35-22-16-29(3)17-23-35/h8-23,25,36H,5-7,24,26-28H2,1-4H3,(H,39,43)/t36-/m0/s1. The van der Waals surface area contributed by atoms with E-state index >= 15 is 0 Å². The number of carbonyl (C=O) groups excluding carboxylic acids is 2. The SMILES string of the molecule is CCCCNC(=O)[C@H](Cc1ccccc1)N(Cc1cccc(C)c1)C(=O)CN(c1ccc(OCC)cc1)S(=O)(=O)c1ccc(C)cc1. The Balaban J connectivity index is 1.79. The number of nitrogens with zero attached hydrogens (tertiary/aromatic N) is 2. The van der Waals surface area contributed by atoms with Gasteiger partial charge in [0.2, 0.25) is 11.8 Å². The molecule has 0 aliphatic heterocycles. The number of sulfonamides is 1. The van der Waals surface area contributed by atoms with E-state index < -0.39 is 28.5 Å². The number of amides is 2. The number of carbonyl (C=O) groups is 2. The molecular formula is C38H45N3O5S. The molecule has 9 heteroatoms. The van der Waals surface area contributed by atoms with Crippen LogP contribution in [0.15, 0.2) is 108 Å². The summed E-state index contributed by atoms with van der Waals surface area (Å²) < 4.78 is 35.2. The average Bonchev–Trinajstić information content (AvgIpc) is 3.06. The Morgan fingerprint density at radius 1 is 0.809 bits per heavy atom. The van der Waals surface area contributed by atoms with Crippen LogP contribution in [0.2, 0.25) is 0 Å². The molecule has 0 aliphatic carbocycles. The van der Waals surface area contributed by atoms with E-state index in [-0.39, 0.29) is 23.8 Å². The monoisotopic (exact) mass is 655 g/mol. The fourth-order valence-corrected chi connectivity index (χ4v) is 6.72. The molecule has 2 amide bonds. The van der Waals surface area contributed by atoms with Crippen LogP contribution in [0.3, 0.4) is 0 Å². The van der Waals surface area contributed by atoms with Crippen molar-refractivity contribution in [2.45, 2.75) is 64.4 Å². The summed E-state index contributed by atoms with van der Waals surface area (Å²) in [7, 11) is -4.18. The number of ether oxygens (including phenoxy) is 1. The molecule has 0 saturated heterocycles. The van der Waals surface area contributed by atoms with Crippen LogP contribution >= 0.6 is 0 Å². The third-order valence-electron chi connectivity index (χ3n) is 7.86. The Kier molecular flexibility index (Phi) is 12.6. The summed E-state index contributed by atoms with van der Waals surface area (Å²) in [5.74, 6) is -0.192. The van der Waals surface area contributed by atoms with Crippen molar-refractivity contribution in [2.75, 3.05) is 24.0 Å². The second kappa shape index (κ2) is 16.8. The number of hydrogen-bond donors (Lipinski definition) is 1. The van der Waals surface area contributed by atoms with Gasteiger partial charge in [0.25, 0.3) is 10.0 Å². The van der Waals surface area contributed by atoms with Gasteiger partial charge >= 0.3 is 0 Å². The maximum atomic E-state index is 14.6. The van der Waals surface area contributed by atoms with Crippen LogP contribution in [0.25, 0.3) is 0 Å². The molecule has 8 nitrogen and oxygen atoms in total. The van der Waals surface area contributed by atoms with Crippen LogP contribution in [0.5, 0.6) is 5.75 Å². The van der Waals surface area contributed by atoms with Crippen molar-refractivity contribution in [3.63, 3.8) is 0 Å². The van der Waals surface area contributed by atoms with Crippen LogP contribution < -0.4 is 14.4 Å². The van der Waals surface area contributed by atoms with E-state index in [0.717, 1.165) is 39.4 Å². The van der Waals surface area contributed by atoms with Crippen molar-refractivity contribution in [3.8, 4) is 5.75 Å². The van der Waals surface area contributed by atoms with Gasteiger partial charge in [-0.1, -0.05) is 91.2 Å². The zero-order chi connectivity index (χ0) is 33.8.